The van der Waals surface area contributed by atoms with Crippen molar-refractivity contribution in [1.82, 2.24) is 0 Å². The van der Waals surface area contributed by atoms with Gasteiger partial charge in [0.05, 0.1) is 0 Å². The number of phenols is 4. The lowest BCUT2D eigenvalue weighted by Gasteiger charge is -2.08. The molecule has 0 unspecified atom stereocenters. The summed E-state index contributed by atoms with van der Waals surface area (Å²) in [4.78, 5) is 0. The number of nitrogens with two attached hydrogens (primary N) is 2. The first kappa shape index (κ1) is 8.12. The molecular formula is C6H8N2O4. The van der Waals surface area contributed by atoms with Gasteiger partial charge in [0.25, 0.3) is 0 Å². The largest absolute Gasteiger partial charge is 0.503 e. The summed E-state index contributed by atoms with van der Waals surface area (Å²) in [6.07, 6.45) is 0. The molecule has 1 aromatic rings. The van der Waals surface area contributed by atoms with Gasteiger partial charge in [0.15, 0.2) is 23.0 Å². The second-order valence-electron chi connectivity index (χ2n) is 2.22. The summed E-state index contributed by atoms with van der Waals surface area (Å²) in [5, 5.41) is 35.9. The van der Waals surface area contributed by atoms with E-state index in [4.69, 9.17) is 31.9 Å². The van der Waals surface area contributed by atoms with E-state index in [0.717, 1.165) is 0 Å². The summed E-state index contributed by atoms with van der Waals surface area (Å²) in [5.41, 5.74) is 9.12. The van der Waals surface area contributed by atoms with Crippen molar-refractivity contribution in [1.29, 1.82) is 0 Å². The van der Waals surface area contributed by atoms with Crippen molar-refractivity contribution in [3.05, 3.63) is 0 Å². The number of hydrogen-bond donors (Lipinski definition) is 6. The predicted molar refractivity (Wildman–Crippen MR) is 41.9 cm³/mol. The maximum Gasteiger partial charge on any atom is 0.187 e. The first-order valence-corrected chi connectivity index (χ1v) is 2.97. The zero-order valence-corrected chi connectivity index (χ0v) is 5.94. The minimum Gasteiger partial charge on any atom is -0.503 e. The van der Waals surface area contributed by atoms with Crippen LogP contribution in [0.3, 0.4) is 0 Å². The van der Waals surface area contributed by atoms with Crippen LogP contribution in [0.15, 0.2) is 0 Å². The molecule has 66 valence electrons. The highest BCUT2D eigenvalue weighted by atomic mass is 16.3. The number of rotatable bonds is 0. The fourth-order valence-electron chi connectivity index (χ4n) is 0.735. The van der Waals surface area contributed by atoms with Crippen LogP contribution in [-0.2, 0) is 0 Å². The summed E-state index contributed by atoms with van der Waals surface area (Å²) >= 11 is 0. The van der Waals surface area contributed by atoms with E-state index in [1.54, 1.807) is 0 Å². The van der Waals surface area contributed by atoms with Gasteiger partial charge in [-0.05, 0) is 0 Å². The van der Waals surface area contributed by atoms with Crippen LogP contribution in [0.25, 0.3) is 0 Å². The average Bonchev–Trinajstić information content (AvgIpc) is 2.08. The third kappa shape index (κ3) is 0.815. The second kappa shape index (κ2) is 2.26. The minimum absolute atomic E-state index is 0.515. The molecule has 12 heavy (non-hydrogen) atoms. The molecule has 8 N–H and O–H groups in total. The predicted octanol–water partition coefficient (Wildman–Crippen LogP) is -0.327. The lowest BCUT2D eigenvalue weighted by atomic mass is 10.2. The maximum atomic E-state index is 8.97. The number of benzene rings is 1. The quantitative estimate of drug-likeness (QED) is 0.180. The van der Waals surface area contributed by atoms with Crippen LogP contribution < -0.4 is 11.5 Å². The fourth-order valence-corrected chi connectivity index (χ4v) is 0.735. The Labute approximate surface area is 67.3 Å². The van der Waals surface area contributed by atoms with Crippen LogP contribution in [0, 0.1) is 0 Å². The van der Waals surface area contributed by atoms with E-state index in [1.807, 2.05) is 0 Å². The Morgan fingerprint density at radius 2 is 0.750 bits per heavy atom. The van der Waals surface area contributed by atoms with Crippen molar-refractivity contribution < 1.29 is 20.4 Å². The van der Waals surface area contributed by atoms with Crippen LogP contribution in [0.5, 0.6) is 23.0 Å². The van der Waals surface area contributed by atoms with E-state index in [0.29, 0.717) is 0 Å². The summed E-state index contributed by atoms with van der Waals surface area (Å²) in [5.74, 6) is -2.99. The van der Waals surface area contributed by atoms with Crippen LogP contribution in [0.4, 0.5) is 11.4 Å². The molecule has 0 fully saturated rings. The number of aromatic hydroxyl groups is 4. The van der Waals surface area contributed by atoms with Crippen molar-refractivity contribution in [2.75, 3.05) is 11.5 Å². The van der Waals surface area contributed by atoms with E-state index in [2.05, 4.69) is 0 Å². The molecule has 0 aromatic heterocycles. The van der Waals surface area contributed by atoms with Gasteiger partial charge in [-0.1, -0.05) is 0 Å². The zero-order chi connectivity index (χ0) is 9.46. The summed E-state index contributed by atoms with van der Waals surface area (Å²) in [7, 11) is 0. The van der Waals surface area contributed by atoms with Crippen LogP contribution in [0.2, 0.25) is 0 Å². The molecule has 1 aromatic carbocycles. The molecule has 6 heteroatoms. The van der Waals surface area contributed by atoms with Crippen molar-refractivity contribution in [2.45, 2.75) is 0 Å². The van der Waals surface area contributed by atoms with E-state index < -0.39 is 34.4 Å². The molecular weight excluding hydrogens is 164 g/mol. The Balaban J connectivity index is 3.60. The number of anilines is 2. The number of hydrogen-bond acceptors (Lipinski definition) is 6. The highest BCUT2D eigenvalue weighted by molar-refractivity contribution is 5.82. The van der Waals surface area contributed by atoms with Gasteiger partial charge >= 0.3 is 0 Å². The van der Waals surface area contributed by atoms with Crippen LogP contribution in [0.1, 0.15) is 0 Å². The van der Waals surface area contributed by atoms with Gasteiger partial charge < -0.3 is 31.9 Å². The Kier molecular flexibility index (Phi) is 1.53. The molecule has 0 atom stereocenters. The van der Waals surface area contributed by atoms with Crippen molar-refractivity contribution in [2.24, 2.45) is 0 Å². The molecule has 0 heterocycles. The second-order valence-corrected chi connectivity index (χ2v) is 2.22. The maximum absolute atomic E-state index is 8.97. The monoisotopic (exact) mass is 172 g/mol. The van der Waals surface area contributed by atoms with Gasteiger partial charge in [-0.3, -0.25) is 0 Å². The Morgan fingerprint density at radius 3 is 0.917 bits per heavy atom. The average molecular weight is 172 g/mol. The van der Waals surface area contributed by atoms with Crippen molar-refractivity contribution in [3.63, 3.8) is 0 Å². The van der Waals surface area contributed by atoms with Gasteiger partial charge in [0.1, 0.15) is 11.4 Å². The van der Waals surface area contributed by atoms with Gasteiger partial charge in [-0.25, -0.2) is 0 Å². The third-order valence-electron chi connectivity index (χ3n) is 1.47. The number of phenolic OH excluding ortho intramolecular Hbond substituents is 4. The van der Waals surface area contributed by atoms with Gasteiger partial charge in [-0.15, -0.1) is 0 Å². The van der Waals surface area contributed by atoms with Crippen molar-refractivity contribution in [3.8, 4) is 23.0 Å². The topological polar surface area (TPSA) is 133 Å². The first-order valence-electron chi connectivity index (χ1n) is 2.97. The Hall–Kier alpha value is -1.98. The molecule has 0 amide bonds. The van der Waals surface area contributed by atoms with Gasteiger partial charge in [0, 0.05) is 0 Å². The Morgan fingerprint density at radius 1 is 0.583 bits per heavy atom. The van der Waals surface area contributed by atoms with Gasteiger partial charge in [-0.2, -0.15) is 0 Å². The highest BCUT2D eigenvalue weighted by Crippen LogP contribution is 2.49. The summed E-state index contributed by atoms with van der Waals surface area (Å²) in [6.45, 7) is 0. The zero-order valence-electron chi connectivity index (χ0n) is 5.94. The molecule has 0 spiro atoms. The van der Waals surface area contributed by atoms with Crippen LogP contribution >= 0.6 is 0 Å². The van der Waals surface area contributed by atoms with Crippen LogP contribution in [-0.4, -0.2) is 20.4 Å². The van der Waals surface area contributed by atoms with Gasteiger partial charge in [0.2, 0.25) is 0 Å². The molecule has 0 saturated heterocycles. The fraction of sp³-hybridized carbons (Fsp3) is 0. The molecule has 0 bridgehead atoms. The third-order valence-corrected chi connectivity index (χ3v) is 1.47. The SMILES string of the molecule is Nc1c(O)c(O)c(N)c(O)c1O. The Bertz CT molecular complexity index is 232. The van der Waals surface area contributed by atoms with E-state index in [1.165, 1.54) is 0 Å². The smallest absolute Gasteiger partial charge is 0.187 e. The molecule has 0 aliphatic heterocycles. The summed E-state index contributed by atoms with van der Waals surface area (Å²) < 4.78 is 0. The van der Waals surface area contributed by atoms with E-state index in [9.17, 15) is 0 Å². The van der Waals surface area contributed by atoms with E-state index >= 15 is 0 Å². The first-order chi connectivity index (χ1) is 5.46. The summed E-state index contributed by atoms with van der Waals surface area (Å²) in [6, 6.07) is 0. The molecule has 0 radical (unpaired) electrons. The lowest BCUT2D eigenvalue weighted by molar-refractivity contribution is 0.380. The molecule has 0 saturated carbocycles. The lowest BCUT2D eigenvalue weighted by Crippen LogP contribution is -1.93. The minimum atomic E-state index is -0.747. The standard InChI is InChI=1S/C6H8N2O4/c7-1-3(9)5(11)2(8)6(12)4(1)10/h9-12H,7-8H2. The molecule has 6 nitrogen and oxygen atoms in total. The molecule has 0 aliphatic carbocycles. The normalized spacial score (nSPS) is 10.0. The van der Waals surface area contributed by atoms with Crippen molar-refractivity contribution >= 4 is 11.4 Å². The van der Waals surface area contributed by atoms with E-state index in [-0.39, 0.29) is 0 Å². The highest BCUT2D eigenvalue weighted by Gasteiger charge is 2.18. The molecule has 0 aliphatic rings. The number of nitrogen functional groups attached to an aromatic ring is 2. The molecule has 1 rings (SSSR count).